The molecule has 1 fully saturated rings. The van der Waals surface area contributed by atoms with Gasteiger partial charge in [-0.1, -0.05) is 11.6 Å². The molecule has 0 aromatic heterocycles. The number of carbonyl (C=O) groups is 2. The van der Waals surface area contributed by atoms with Crippen LogP contribution < -0.4 is 5.32 Å². The molecule has 1 atom stereocenters. The Bertz CT molecular complexity index is 482. The van der Waals surface area contributed by atoms with Crippen LogP contribution in [0.1, 0.15) is 30.1 Å². The van der Waals surface area contributed by atoms with Crippen molar-refractivity contribution in [3.05, 3.63) is 34.9 Å². The van der Waals surface area contributed by atoms with E-state index in [2.05, 4.69) is 5.32 Å². The number of rotatable bonds is 4. The Morgan fingerprint density at radius 3 is 2.33 bits per heavy atom. The molecular formula is C13H14ClNO3. The highest BCUT2D eigenvalue weighted by Gasteiger charge is 2.48. The highest BCUT2D eigenvalue weighted by atomic mass is 35.5. The van der Waals surface area contributed by atoms with Crippen molar-refractivity contribution in [2.24, 2.45) is 5.92 Å². The third-order valence-electron chi connectivity index (χ3n) is 3.32. The number of amides is 1. The molecule has 1 aliphatic carbocycles. The first-order valence-electron chi connectivity index (χ1n) is 5.75. The molecule has 0 radical (unpaired) electrons. The average molecular weight is 268 g/mol. The van der Waals surface area contributed by atoms with Gasteiger partial charge < -0.3 is 10.4 Å². The molecule has 0 spiro atoms. The highest BCUT2D eigenvalue weighted by Crippen LogP contribution is 2.39. The number of carbonyl (C=O) groups excluding carboxylic acids is 1. The molecule has 4 nitrogen and oxygen atoms in total. The van der Waals surface area contributed by atoms with Crippen LogP contribution in [-0.4, -0.2) is 22.5 Å². The van der Waals surface area contributed by atoms with Gasteiger partial charge in [0.1, 0.15) is 5.54 Å². The summed E-state index contributed by atoms with van der Waals surface area (Å²) >= 11 is 5.73. The number of nitrogens with one attached hydrogen (secondary N) is 1. The van der Waals surface area contributed by atoms with Gasteiger partial charge in [-0.05, 0) is 49.9 Å². The van der Waals surface area contributed by atoms with Crippen molar-refractivity contribution in [1.82, 2.24) is 5.32 Å². The third-order valence-corrected chi connectivity index (χ3v) is 3.57. The maximum Gasteiger partial charge on any atom is 0.329 e. The van der Waals surface area contributed by atoms with Crippen LogP contribution >= 0.6 is 11.6 Å². The molecular weight excluding hydrogens is 254 g/mol. The zero-order valence-electron chi connectivity index (χ0n) is 9.94. The van der Waals surface area contributed by atoms with Crippen molar-refractivity contribution >= 4 is 23.5 Å². The Morgan fingerprint density at radius 2 is 1.89 bits per heavy atom. The Hall–Kier alpha value is -1.55. The SMILES string of the molecule is CC(NC(=O)c1ccc(Cl)cc1)(C(=O)O)C1CC1. The van der Waals surface area contributed by atoms with Gasteiger partial charge in [-0.2, -0.15) is 0 Å². The van der Waals surface area contributed by atoms with Crippen LogP contribution in [0.2, 0.25) is 5.02 Å². The van der Waals surface area contributed by atoms with Gasteiger partial charge in [0.05, 0.1) is 0 Å². The van der Waals surface area contributed by atoms with Crippen molar-refractivity contribution in [2.45, 2.75) is 25.3 Å². The van der Waals surface area contributed by atoms with Crippen molar-refractivity contribution < 1.29 is 14.7 Å². The van der Waals surface area contributed by atoms with Crippen molar-refractivity contribution in [2.75, 3.05) is 0 Å². The minimum Gasteiger partial charge on any atom is -0.480 e. The van der Waals surface area contributed by atoms with E-state index >= 15 is 0 Å². The Morgan fingerprint density at radius 1 is 1.33 bits per heavy atom. The summed E-state index contributed by atoms with van der Waals surface area (Å²) in [6.45, 7) is 1.56. The fraction of sp³-hybridized carbons (Fsp3) is 0.385. The zero-order chi connectivity index (χ0) is 13.3. The second kappa shape index (κ2) is 4.61. The van der Waals surface area contributed by atoms with E-state index < -0.39 is 11.5 Å². The minimum atomic E-state index is -1.18. The maximum absolute atomic E-state index is 12.0. The average Bonchev–Trinajstić information content (AvgIpc) is 3.13. The van der Waals surface area contributed by atoms with Crippen LogP contribution in [0.3, 0.4) is 0 Å². The van der Waals surface area contributed by atoms with E-state index in [1.54, 1.807) is 31.2 Å². The van der Waals surface area contributed by atoms with Gasteiger partial charge >= 0.3 is 5.97 Å². The lowest BCUT2D eigenvalue weighted by Crippen LogP contribution is -2.54. The van der Waals surface area contributed by atoms with Crippen LogP contribution in [0.15, 0.2) is 24.3 Å². The number of aliphatic carboxylic acids is 1. The molecule has 1 unspecified atom stereocenters. The molecule has 0 aliphatic heterocycles. The van der Waals surface area contributed by atoms with E-state index in [-0.39, 0.29) is 11.8 Å². The summed E-state index contributed by atoms with van der Waals surface area (Å²) < 4.78 is 0. The molecule has 0 heterocycles. The van der Waals surface area contributed by atoms with Crippen LogP contribution in [0.4, 0.5) is 0 Å². The summed E-state index contributed by atoms with van der Waals surface area (Å²) in [6, 6.07) is 6.36. The van der Waals surface area contributed by atoms with Crippen LogP contribution in [0.25, 0.3) is 0 Å². The van der Waals surface area contributed by atoms with Gasteiger partial charge in [-0.25, -0.2) is 4.79 Å². The maximum atomic E-state index is 12.0. The van der Waals surface area contributed by atoms with E-state index in [1.165, 1.54) is 0 Å². The molecule has 2 rings (SSSR count). The summed E-state index contributed by atoms with van der Waals surface area (Å²) in [7, 11) is 0. The second-order valence-electron chi connectivity index (χ2n) is 4.74. The molecule has 0 saturated heterocycles. The number of benzene rings is 1. The first-order valence-corrected chi connectivity index (χ1v) is 6.13. The number of halogens is 1. The quantitative estimate of drug-likeness (QED) is 0.880. The van der Waals surface area contributed by atoms with Crippen LogP contribution in [0, 0.1) is 5.92 Å². The predicted octanol–water partition coefficient (Wildman–Crippen LogP) is 2.32. The van der Waals surface area contributed by atoms with Crippen LogP contribution in [0.5, 0.6) is 0 Å². The fourth-order valence-electron chi connectivity index (χ4n) is 1.90. The van der Waals surface area contributed by atoms with E-state index in [9.17, 15) is 14.7 Å². The number of carboxylic acids is 1. The molecule has 1 aliphatic rings. The number of carboxylic acid groups (broad SMARTS) is 1. The predicted molar refractivity (Wildman–Crippen MR) is 67.7 cm³/mol. The van der Waals surface area contributed by atoms with E-state index in [4.69, 9.17) is 11.6 Å². The van der Waals surface area contributed by atoms with E-state index in [0.29, 0.717) is 10.6 Å². The summed E-state index contributed by atoms with van der Waals surface area (Å²) in [5, 5.41) is 12.4. The summed E-state index contributed by atoms with van der Waals surface area (Å²) in [5.74, 6) is -1.36. The van der Waals surface area contributed by atoms with Gasteiger partial charge in [0.15, 0.2) is 0 Å². The first-order chi connectivity index (χ1) is 8.43. The molecule has 1 amide bonds. The molecule has 0 bridgehead atoms. The lowest BCUT2D eigenvalue weighted by molar-refractivity contribution is -0.144. The monoisotopic (exact) mass is 267 g/mol. The highest BCUT2D eigenvalue weighted by molar-refractivity contribution is 6.30. The van der Waals surface area contributed by atoms with Gasteiger partial charge in [-0.3, -0.25) is 4.79 Å². The Kier molecular flexibility index (Phi) is 3.30. The van der Waals surface area contributed by atoms with E-state index in [0.717, 1.165) is 12.8 Å². The molecule has 96 valence electrons. The molecule has 5 heteroatoms. The largest absolute Gasteiger partial charge is 0.480 e. The lowest BCUT2D eigenvalue weighted by atomic mass is 9.95. The fourth-order valence-corrected chi connectivity index (χ4v) is 2.03. The van der Waals surface area contributed by atoms with Crippen molar-refractivity contribution in [3.63, 3.8) is 0 Å². The summed E-state index contributed by atoms with van der Waals surface area (Å²) in [5.41, 5.74) is -0.774. The molecule has 18 heavy (non-hydrogen) atoms. The van der Waals surface area contributed by atoms with Crippen molar-refractivity contribution in [3.8, 4) is 0 Å². The summed E-state index contributed by atoms with van der Waals surface area (Å²) in [6.07, 6.45) is 1.67. The second-order valence-corrected chi connectivity index (χ2v) is 5.18. The van der Waals surface area contributed by atoms with E-state index in [1.807, 2.05) is 0 Å². The van der Waals surface area contributed by atoms with Gasteiger partial charge in [0, 0.05) is 10.6 Å². The summed E-state index contributed by atoms with van der Waals surface area (Å²) in [4.78, 5) is 23.3. The smallest absolute Gasteiger partial charge is 0.329 e. The zero-order valence-corrected chi connectivity index (χ0v) is 10.7. The topological polar surface area (TPSA) is 66.4 Å². The molecule has 1 saturated carbocycles. The lowest BCUT2D eigenvalue weighted by Gasteiger charge is -2.26. The van der Waals surface area contributed by atoms with Crippen molar-refractivity contribution in [1.29, 1.82) is 0 Å². The Balaban J connectivity index is 2.15. The Labute approximate surface area is 110 Å². The van der Waals surface area contributed by atoms with Gasteiger partial charge in [0.2, 0.25) is 0 Å². The minimum absolute atomic E-state index is 0.0197. The normalized spacial score (nSPS) is 17.9. The van der Waals surface area contributed by atoms with Crippen LogP contribution in [-0.2, 0) is 4.79 Å². The van der Waals surface area contributed by atoms with Gasteiger partial charge in [0.25, 0.3) is 5.91 Å². The molecule has 1 aromatic rings. The van der Waals surface area contributed by atoms with Gasteiger partial charge in [-0.15, -0.1) is 0 Å². The third kappa shape index (κ3) is 2.48. The first kappa shape index (κ1) is 12.9. The number of hydrogen-bond donors (Lipinski definition) is 2. The standard InChI is InChI=1S/C13H14ClNO3/c1-13(12(17)18,9-4-5-9)15-11(16)8-2-6-10(14)7-3-8/h2-3,6-7,9H,4-5H2,1H3,(H,15,16)(H,17,18). The molecule has 2 N–H and O–H groups in total. The molecule has 1 aromatic carbocycles. The number of hydrogen-bond acceptors (Lipinski definition) is 2.